The number of nitrogens with two attached hydrogens (primary N) is 1. The number of anilines is 1. The second-order valence-electron chi connectivity index (χ2n) is 4.71. The smallest absolute Gasteiger partial charge is 0.116 e. The minimum Gasteiger partial charge on any atom is -0.399 e. The van der Waals surface area contributed by atoms with E-state index >= 15 is 0 Å². The molecular weight excluding hydrogens is 240 g/mol. The van der Waals surface area contributed by atoms with E-state index in [1.807, 2.05) is 18.2 Å². The Bertz CT molecular complexity index is 568. The van der Waals surface area contributed by atoms with Gasteiger partial charge in [0.15, 0.2) is 0 Å². The first kappa shape index (κ1) is 12.8. The van der Waals surface area contributed by atoms with Crippen molar-refractivity contribution in [1.29, 1.82) is 0 Å². The molecule has 0 bridgehead atoms. The van der Waals surface area contributed by atoms with Gasteiger partial charge in [-0.15, -0.1) is 11.3 Å². The second-order valence-corrected chi connectivity index (χ2v) is 5.60. The van der Waals surface area contributed by atoms with Crippen LogP contribution in [0.4, 0.5) is 5.69 Å². The van der Waals surface area contributed by atoms with Crippen LogP contribution in [0.1, 0.15) is 41.6 Å². The first-order valence-electron chi connectivity index (χ1n) is 6.06. The number of benzene rings is 1. The molecular formula is C15H18N2S. The van der Waals surface area contributed by atoms with Gasteiger partial charge in [-0.2, -0.15) is 0 Å². The third-order valence-corrected chi connectivity index (χ3v) is 3.67. The standard InChI is InChI=1S/C15H18N2S/c1-10(2)14-9-18-15(17-14)7-5-12-8-13(16)6-4-11(12)3/h4-10H,16H2,1-3H3. The van der Waals surface area contributed by atoms with E-state index in [2.05, 4.69) is 43.3 Å². The molecule has 0 fully saturated rings. The summed E-state index contributed by atoms with van der Waals surface area (Å²) < 4.78 is 0. The minimum atomic E-state index is 0.484. The largest absolute Gasteiger partial charge is 0.399 e. The number of rotatable bonds is 3. The van der Waals surface area contributed by atoms with Crippen LogP contribution in [0.25, 0.3) is 12.2 Å². The van der Waals surface area contributed by atoms with Crippen molar-refractivity contribution in [2.75, 3.05) is 5.73 Å². The topological polar surface area (TPSA) is 38.9 Å². The molecule has 1 aromatic carbocycles. The normalized spacial score (nSPS) is 11.6. The van der Waals surface area contributed by atoms with Crippen LogP contribution < -0.4 is 5.73 Å². The molecule has 2 N–H and O–H groups in total. The molecule has 3 heteroatoms. The lowest BCUT2D eigenvalue weighted by atomic mass is 10.1. The van der Waals surface area contributed by atoms with Gasteiger partial charge in [0.05, 0.1) is 5.69 Å². The van der Waals surface area contributed by atoms with Gasteiger partial charge in [0.25, 0.3) is 0 Å². The van der Waals surface area contributed by atoms with E-state index in [-0.39, 0.29) is 0 Å². The Morgan fingerprint density at radius 1 is 1.28 bits per heavy atom. The molecule has 0 aliphatic carbocycles. The first-order valence-corrected chi connectivity index (χ1v) is 6.94. The SMILES string of the molecule is Cc1ccc(N)cc1C=Cc1nc(C(C)C)cs1. The Labute approximate surface area is 112 Å². The van der Waals surface area contributed by atoms with Crippen molar-refractivity contribution in [2.45, 2.75) is 26.7 Å². The monoisotopic (exact) mass is 258 g/mol. The van der Waals surface area contributed by atoms with Crippen molar-refractivity contribution in [1.82, 2.24) is 4.98 Å². The van der Waals surface area contributed by atoms with E-state index in [1.165, 1.54) is 5.56 Å². The van der Waals surface area contributed by atoms with E-state index in [4.69, 9.17) is 5.73 Å². The number of thiazole rings is 1. The summed E-state index contributed by atoms with van der Waals surface area (Å²) in [4.78, 5) is 4.58. The summed E-state index contributed by atoms with van der Waals surface area (Å²) in [7, 11) is 0. The van der Waals surface area contributed by atoms with Crippen LogP contribution in [-0.2, 0) is 0 Å². The van der Waals surface area contributed by atoms with Crippen molar-refractivity contribution in [2.24, 2.45) is 0 Å². The maximum Gasteiger partial charge on any atom is 0.116 e. The zero-order valence-electron chi connectivity index (χ0n) is 11.0. The van der Waals surface area contributed by atoms with Gasteiger partial charge in [0.1, 0.15) is 5.01 Å². The molecule has 2 rings (SSSR count). The molecule has 0 spiro atoms. The second kappa shape index (κ2) is 5.36. The summed E-state index contributed by atoms with van der Waals surface area (Å²) in [6.45, 7) is 6.40. The third kappa shape index (κ3) is 2.99. The van der Waals surface area contributed by atoms with Crippen LogP contribution in [0.2, 0.25) is 0 Å². The highest BCUT2D eigenvalue weighted by molar-refractivity contribution is 7.10. The molecule has 0 amide bonds. The minimum absolute atomic E-state index is 0.484. The average molecular weight is 258 g/mol. The van der Waals surface area contributed by atoms with E-state index < -0.39 is 0 Å². The van der Waals surface area contributed by atoms with Crippen molar-refractivity contribution >= 4 is 29.2 Å². The highest BCUT2D eigenvalue weighted by Crippen LogP contribution is 2.21. The van der Waals surface area contributed by atoms with Crippen LogP contribution >= 0.6 is 11.3 Å². The summed E-state index contributed by atoms with van der Waals surface area (Å²) in [6, 6.07) is 5.95. The maximum atomic E-state index is 5.79. The lowest BCUT2D eigenvalue weighted by Gasteiger charge is -2.01. The van der Waals surface area contributed by atoms with Crippen LogP contribution in [-0.4, -0.2) is 4.98 Å². The molecule has 18 heavy (non-hydrogen) atoms. The first-order chi connectivity index (χ1) is 8.56. The molecule has 0 atom stereocenters. The van der Waals surface area contributed by atoms with Gasteiger partial charge in [0, 0.05) is 11.1 Å². The van der Waals surface area contributed by atoms with Crippen LogP contribution in [0, 0.1) is 6.92 Å². The van der Waals surface area contributed by atoms with Crippen LogP contribution in [0.15, 0.2) is 23.6 Å². The molecule has 0 saturated heterocycles. The molecule has 0 unspecified atom stereocenters. The van der Waals surface area contributed by atoms with Gasteiger partial charge in [-0.05, 0) is 42.2 Å². The molecule has 0 radical (unpaired) electrons. The Kier molecular flexibility index (Phi) is 3.82. The molecule has 1 heterocycles. The number of aromatic nitrogens is 1. The quantitative estimate of drug-likeness (QED) is 0.832. The Morgan fingerprint density at radius 2 is 2.06 bits per heavy atom. The van der Waals surface area contributed by atoms with Gasteiger partial charge >= 0.3 is 0 Å². The number of aryl methyl sites for hydroxylation is 1. The van der Waals surface area contributed by atoms with Gasteiger partial charge < -0.3 is 5.73 Å². The molecule has 0 aliphatic heterocycles. The van der Waals surface area contributed by atoms with E-state index in [1.54, 1.807) is 11.3 Å². The van der Waals surface area contributed by atoms with E-state index in [9.17, 15) is 0 Å². The molecule has 0 saturated carbocycles. The number of nitrogens with zero attached hydrogens (tertiary/aromatic N) is 1. The van der Waals surface area contributed by atoms with Gasteiger partial charge in [-0.1, -0.05) is 26.0 Å². The van der Waals surface area contributed by atoms with Crippen molar-refractivity contribution in [3.8, 4) is 0 Å². The van der Waals surface area contributed by atoms with Crippen molar-refractivity contribution in [3.63, 3.8) is 0 Å². The molecule has 0 aliphatic rings. The summed E-state index contributed by atoms with van der Waals surface area (Å²) in [5.74, 6) is 0.484. The summed E-state index contributed by atoms with van der Waals surface area (Å²) >= 11 is 1.68. The summed E-state index contributed by atoms with van der Waals surface area (Å²) in [5, 5.41) is 3.16. The maximum absolute atomic E-state index is 5.79. The highest BCUT2D eigenvalue weighted by atomic mass is 32.1. The zero-order valence-corrected chi connectivity index (χ0v) is 11.8. The molecule has 94 valence electrons. The number of nitrogen functional groups attached to an aromatic ring is 1. The molecule has 2 aromatic rings. The average Bonchev–Trinajstić information content (AvgIpc) is 2.79. The zero-order chi connectivity index (χ0) is 13.1. The van der Waals surface area contributed by atoms with Crippen LogP contribution in [0.5, 0.6) is 0 Å². The van der Waals surface area contributed by atoms with E-state index in [0.717, 1.165) is 22.0 Å². The van der Waals surface area contributed by atoms with Crippen LogP contribution in [0.3, 0.4) is 0 Å². The predicted molar refractivity (Wildman–Crippen MR) is 80.7 cm³/mol. The summed E-state index contributed by atoms with van der Waals surface area (Å²) in [5.41, 5.74) is 10.1. The molecule has 1 aromatic heterocycles. The predicted octanol–water partition coefficient (Wildman–Crippen LogP) is 4.33. The fraction of sp³-hybridized carbons (Fsp3) is 0.267. The molecule has 2 nitrogen and oxygen atoms in total. The lowest BCUT2D eigenvalue weighted by Crippen LogP contribution is -1.88. The number of hydrogen-bond donors (Lipinski definition) is 1. The van der Waals surface area contributed by atoms with E-state index in [0.29, 0.717) is 5.92 Å². The van der Waals surface area contributed by atoms with Gasteiger partial charge in [0.2, 0.25) is 0 Å². The van der Waals surface area contributed by atoms with Gasteiger partial charge in [-0.3, -0.25) is 0 Å². The Balaban J connectivity index is 2.21. The summed E-state index contributed by atoms with van der Waals surface area (Å²) in [6.07, 6.45) is 4.13. The fourth-order valence-corrected chi connectivity index (χ4v) is 2.51. The van der Waals surface area contributed by atoms with Gasteiger partial charge in [-0.25, -0.2) is 4.98 Å². The van der Waals surface area contributed by atoms with Crippen molar-refractivity contribution < 1.29 is 0 Å². The third-order valence-electron chi connectivity index (χ3n) is 2.84. The number of hydrogen-bond acceptors (Lipinski definition) is 3. The highest BCUT2D eigenvalue weighted by Gasteiger charge is 2.03. The lowest BCUT2D eigenvalue weighted by molar-refractivity contribution is 0.832. The Hall–Kier alpha value is -1.61. The van der Waals surface area contributed by atoms with Crippen molar-refractivity contribution in [3.05, 3.63) is 45.4 Å². The Morgan fingerprint density at radius 3 is 2.72 bits per heavy atom. The fourth-order valence-electron chi connectivity index (χ4n) is 1.64.